The van der Waals surface area contributed by atoms with Gasteiger partial charge in [-0.3, -0.25) is 0 Å². The molecule has 6 aliphatic heterocycles. The zero-order valence-corrected chi connectivity index (χ0v) is 41.5. The maximum Gasteiger partial charge on any atom is 0.349 e. The molecule has 0 amide bonds. The number of piperidine rings is 6. The van der Waals surface area contributed by atoms with Crippen molar-refractivity contribution in [1.82, 2.24) is 0 Å². The summed E-state index contributed by atoms with van der Waals surface area (Å²) in [6.45, 7) is 17.2. The molecule has 2 atom stereocenters. The Morgan fingerprint density at radius 1 is 0.600 bits per heavy atom. The van der Waals surface area contributed by atoms with Crippen molar-refractivity contribution in [2.75, 3.05) is 52.4 Å². The third kappa shape index (κ3) is 10.7. The van der Waals surface area contributed by atoms with Crippen LogP contribution in [0.15, 0.2) is 93.3 Å². The molecule has 8 nitrogen and oxygen atoms in total. The number of halogens is 2. The van der Waals surface area contributed by atoms with Crippen LogP contribution in [-0.4, -0.2) is 95.7 Å². The maximum absolute atomic E-state index is 13.3. The van der Waals surface area contributed by atoms with Gasteiger partial charge in [-0.15, -0.1) is 45.3 Å². The van der Waals surface area contributed by atoms with Gasteiger partial charge in [0.25, 0.3) is 0 Å². The Balaban J connectivity index is 0.000000220. The van der Waals surface area contributed by atoms with Crippen molar-refractivity contribution in [3.05, 3.63) is 113 Å². The molecule has 0 aromatic carbocycles. The average Bonchev–Trinajstić information content (AvgIpc) is 4.07. The second-order valence-electron chi connectivity index (χ2n) is 17.4. The van der Waals surface area contributed by atoms with Crippen LogP contribution in [0.2, 0.25) is 0 Å². The molecule has 4 bridgehead atoms. The van der Waals surface area contributed by atoms with E-state index in [0.717, 1.165) is 73.7 Å². The van der Waals surface area contributed by atoms with Gasteiger partial charge in [0.1, 0.15) is 13.1 Å². The Morgan fingerprint density at radius 2 is 0.900 bits per heavy atom. The normalized spacial score (nSPS) is 25.4. The molecule has 0 radical (unpaired) electrons. The molecule has 4 aromatic heterocycles. The van der Waals surface area contributed by atoms with Crippen LogP contribution in [0.1, 0.15) is 85.7 Å². The van der Waals surface area contributed by atoms with Gasteiger partial charge in [0.05, 0.1) is 58.8 Å². The summed E-state index contributed by atoms with van der Waals surface area (Å²) < 4.78 is 14.2. The van der Waals surface area contributed by atoms with E-state index in [-0.39, 0.29) is 46.2 Å². The number of ether oxygens (including phenoxy) is 2. The number of thiophene rings is 4. The molecule has 6 aliphatic rings. The van der Waals surface area contributed by atoms with Crippen LogP contribution in [0.25, 0.3) is 0 Å². The van der Waals surface area contributed by atoms with E-state index in [4.69, 9.17) is 9.47 Å². The Kier molecular flexibility index (Phi) is 17.3. The van der Waals surface area contributed by atoms with E-state index in [2.05, 4.69) is 39.8 Å². The van der Waals surface area contributed by atoms with Crippen molar-refractivity contribution in [3.8, 4) is 0 Å². The molecule has 10 heterocycles. The van der Waals surface area contributed by atoms with Crippen LogP contribution in [0, 0.1) is 11.8 Å². The first-order valence-electron chi connectivity index (χ1n) is 20.9. The first kappa shape index (κ1) is 49.0. The van der Waals surface area contributed by atoms with Gasteiger partial charge in [-0.05, 0) is 73.5 Å². The van der Waals surface area contributed by atoms with E-state index in [1.54, 1.807) is 0 Å². The fourth-order valence-electron chi connectivity index (χ4n) is 9.62. The summed E-state index contributed by atoms with van der Waals surface area (Å²) in [6.07, 6.45) is 10.9. The van der Waals surface area contributed by atoms with E-state index in [0.29, 0.717) is 31.3 Å². The van der Waals surface area contributed by atoms with Crippen LogP contribution >= 0.6 is 45.3 Å². The summed E-state index contributed by atoms with van der Waals surface area (Å²) in [5, 5.41) is 30.6. The third-order valence-electron chi connectivity index (χ3n) is 13.0. The standard InChI is InChI=1S/2C23H30NO3S2.2BrH/c2*1-17(2)6-3-11-24-12-9-18(10-13-24)19(16-24)27-22(25)23(26,20-7-4-14-28-20)21-8-5-15-29-21;;/h2*4-8,14-15,18-19,26H,3,9-13,16H2,1-2H3;2*1H/q2*+1;;/p-2/t2*18?,19-,24?;;/m00../s1. The maximum atomic E-state index is 13.3. The van der Waals surface area contributed by atoms with Crippen LogP contribution in [0.3, 0.4) is 0 Å². The number of nitrogens with zero attached hydrogens (tertiary/aromatic N) is 2. The highest BCUT2D eigenvalue weighted by Crippen LogP contribution is 2.42. The number of rotatable bonds is 14. The fourth-order valence-corrected chi connectivity index (χ4v) is 13.0. The summed E-state index contributed by atoms with van der Waals surface area (Å²) in [7, 11) is 0. The number of hydrogen-bond acceptors (Lipinski definition) is 10. The second-order valence-corrected chi connectivity index (χ2v) is 21.2. The largest absolute Gasteiger partial charge is 1.00 e. The lowest BCUT2D eigenvalue weighted by Crippen LogP contribution is -3.00. The SMILES string of the molecule is CC(C)=CCC[N+]12CCC(CC1)[C@@H](OC(=O)C(O)(c1cccs1)c1cccs1)C2.CC(C)=CCC[N+]12CCC(CC1)[C@@H](OC(=O)C(O)(c1cccs1)c1cccs1)C2.[Br-].[Br-]. The van der Waals surface area contributed by atoms with Crippen LogP contribution in [0.5, 0.6) is 0 Å². The number of aliphatic hydroxyl groups is 2. The van der Waals surface area contributed by atoms with Crippen molar-refractivity contribution in [3.63, 3.8) is 0 Å². The monoisotopic (exact) mass is 1020 g/mol. The van der Waals surface area contributed by atoms with Crippen molar-refractivity contribution >= 4 is 57.3 Å². The van der Waals surface area contributed by atoms with Gasteiger partial charge < -0.3 is 62.6 Å². The van der Waals surface area contributed by atoms with Crippen LogP contribution in [0.4, 0.5) is 0 Å². The number of quaternary nitrogens is 2. The van der Waals surface area contributed by atoms with Crippen LogP contribution in [-0.2, 0) is 30.3 Å². The molecule has 0 aliphatic carbocycles. The highest BCUT2D eigenvalue weighted by atomic mass is 79.9. The van der Waals surface area contributed by atoms with E-state index in [1.807, 2.05) is 70.1 Å². The molecule has 0 saturated carbocycles. The minimum atomic E-state index is -1.71. The number of allylic oxidation sites excluding steroid dienone is 2. The first-order valence-corrected chi connectivity index (χ1v) is 24.4. The number of carbonyl (C=O) groups is 2. The molecule has 6 saturated heterocycles. The van der Waals surface area contributed by atoms with Gasteiger partial charge in [-0.1, -0.05) is 47.6 Å². The smallest absolute Gasteiger partial charge is 0.349 e. The van der Waals surface area contributed by atoms with Gasteiger partial charge >= 0.3 is 11.9 Å². The Morgan fingerprint density at radius 3 is 1.15 bits per heavy atom. The van der Waals surface area contributed by atoms with E-state index in [1.165, 1.54) is 82.7 Å². The molecule has 60 heavy (non-hydrogen) atoms. The van der Waals surface area contributed by atoms with Gasteiger partial charge in [-0.25, -0.2) is 9.59 Å². The molecule has 6 fully saturated rings. The zero-order valence-electron chi connectivity index (χ0n) is 35.1. The summed E-state index contributed by atoms with van der Waals surface area (Å²) >= 11 is 5.57. The molecule has 2 N–H and O–H groups in total. The molecular weight excluding hydrogens is 965 g/mol. The second kappa shape index (κ2) is 21.1. The van der Waals surface area contributed by atoms with Crippen LogP contribution < -0.4 is 34.0 Å². The summed E-state index contributed by atoms with van der Waals surface area (Å²) in [5.74, 6) is -0.219. The topological polar surface area (TPSA) is 93.1 Å². The minimum absolute atomic E-state index is 0. The van der Waals surface area contributed by atoms with E-state index >= 15 is 0 Å². The van der Waals surface area contributed by atoms with E-state index < -0.39 is 23.1 Å². The average molecular weight is 1030 g/mol. The fraction of sp³-hybridized carbons (Fsp3) is 0.522. The Labute approximate surface area is 393 Å². The van der Waals surface area contributed by atoms with E-state index in [9.17, 15) is 19.8 Å². The molecular formula is C46H60Br2N2O6S4. The quantitative estimate of drug-likeness (QED) is 0.115. The summed E-state index contributed by atoms with van der Waals surface area (Å²) in [4.78, 5) is 29.2. The predicted octanol–water partition coefficient (Wildman–Crippen LogP) is 3.12. The van der Waals surface area contributed by atoms with Gasteiger partial charge in [-0.2, -0.15) is 0 Å². The molecule has 4 aromatic rings. The highest BCUT2D eigenvalue weighted by molar-refractivity contribution is 7.12. The summed E-state index contributed by atoms with van der Waals surface area (Å²) in [6, 6.07) is 14.7. The van der Waals surface area contributed by atoms with Crippen molar-refractivity contribution < 1.29 is 72.2 Å². The van der Waals surface area contributed by atoms with Gasteiger partial charge in [0, 0.05) is 50.4 Å². The molecule has 328 valence electrons. The highest BCUT2D eigenvalue weighted by Gasteiger charge is 2.52. The van der Waals surface area contributed by atoms with Crippen molar-refractivity contribution in [1.29, 1.82) is 0 Å². The van der Waals surface area contributed by atoms with Crippen molar-refractivity contribution in [2.24, 2.45) is 11.8 Å². The predicted molar refractivity (Wildman–Crippen MR) is 236 cm³/mol. The minimum Gasteiger partial charge on any atom is -1.00 e. The lowest BCUT2D eigenvalue weighted by atomic mass is 9.83. The van der Waals surface area contributed by atoms with Crippen molar-refractivity contribution in [2.45, 2.75) is 89.6 Å². The van der Waals surface area contributed by atoms with Gasteiger partial charge in [0.15, 0.2) is 12.2 Å². The lowest BCUT2D eigenvalue weighted by molar-refractivity contribution is -0.945. The Hall–Kier alpha value is -1.98. The Bertz CT molecular complexity index is 1780. The molecule has 0 unspecified atom stereocenters. The number of hydrogen-bond donors (Lipinski definition) is 2. The summed E-state index contributed by atoms with van der Waals surface area (Å²) in [5.41, 5.74) is -0.701. The van der Waals surface area contributed by atoms with Gasteiger partial charge in [0.2, 0.25) is 11.2 Å². The number of fused-ring (bicyclic) bond motifs is 6. The molecule has 14 heteroatoms. The first-order chi connectivity index (χ1) is 27.9. The number of carbonyl (C=O) groups excluding carboxylic acids is 2. The third-order valence-corrected chi connectivity index (χ3v) is 16.9. The zero-order chi connectivity index (χ0) is 41.0. The lowest BCUT2D eigenvalue weighted by Gasteiger charge is -2.52. The number of esters is 2. The molecule has 10 rings (SSSR count). The molecule has 0 spiro atoms.